The van der Waals surface area contributed by atoms with Crippen LogP contribution < -0.4 is 5.73 Å². The van der Waals surface area contributed by atoms with E-state index in [-0.39, 0.29) is 11.5 Å². The van der Waals surface area contributed by atoms with E-state index in [1.165, 1.54) is 17.7 Å². The highest BCUT2D eigenvalue weighted by Crippen LogP contribution is 2.31. The van der Waals surface area contributed by atoms with Crippen molar-refractivity contribution in [2.45, 2.75) is 13.1 Å². The number of anilines is 1. The number of carboxylic acid groups (broad SMARTS) is 1. The summed E-state index contributed by atoms with van der Waals surface area (Å²) in [5.41, 5.74) is 6.63. The zero-order valence-electron chi connectivity index (χ0n) is 13.5. The smallest absolute Gasteiger partial charge is 0.416 e. The van der Waals surface area contributed by atoms with E-state index in [1.807, 2.05) is 31.2 Å². The van der Waals surface area contributed by atoms with Crippen LogP contribution in [0.4, 0.5) is 18.9 Å². The molecular weight excluding hydrogens is 351 g/mol. The summed E-state index contributed by atoms with van der Waals surface area (Å²) in [5, 5.41) is 11.7. The van der Waals surface area contributed by atoms with Crippen LogP contribution in [0.2, 0.25) is 0 Å². The van der Waals surface area contributed by atoms with Crippen molar-refractivity contribution in [3.05, 3.63) is 65.5 Å². The minimum atomic E-state index is -4.49. The molecule has 0 saturated carbocycles. The molecule has 0 saturated heterocycles. The molecule has 0 aliphatic carbocycles. The predicted molar refractivity (Wildman–Crippen MR) is 87.3 cm³/mol. The Balaban J connectivity index is 0.000000254. The molecule has 0 aliphatic heterocycles. The molecule has 1 aromatic heterocycles. The van der Waals surface area contributed by atoms with Crippen molar-refractivity contribution in [3.8, 4) is 11.5 Å². The van der Waals surface area contributed by atoms with Gasteiger partial charge in [-0.1, -0.05) is 18.2 Å². The molecule has 3 N–H and O–H groups in total. The van der Waals surface area contributed by atoms with E-state index in [0.717, 1.165) is 17.8 Å². The average Bonchev–Trinajstić information content (AvgIpc) is 3.05. The van der Waals surface area contributed by atoms with E-state index in [9.17, 15) is 18.0 Å². The zero-order chi connectivity index (χ0) is 19.3. The highest BCUT2D eigenvalue weighted by molar-refractivity contribution is 5.83. The van der Waals surface area contributed by atoms with Crippen molar-refractivity contribution in [2.24, 2.45) is 0 Å². The molecule has 0 bridgehead atoms. The summed E-state index contributed by atoms with van der Waals surface area (Å²) in [4.78, 5) is 14.0. The van der Waals surface area contributed by atoms with Crippen LogP contribution in [0.3, 0.4) is 0 Å². The summed E-state index contributed by atoms with van der Waals surface area (Å²) >= 11 is 0. The number of benzene rings is 2. The first-order chi connectivity index (χ1) is 12.2. The summed E-state index contributed by atoms with van der Waals surface area (Å²) in [6, 6.07) is 12.0. The van der Waals surface area contributed by atoms with E-state index >= 15 is 0 Å². The first-order valence-electron chi connectivity index (χ1n) is 7.23. The molecule has 3 rings (SSSR count). The number of halogens is 3. The Morgan fingerprint density at radius 3 is 2.35 bits per heavy atom. The summed E-state index contributed by atoms with van der Waals surface area (Å²) in [6.45, 7) is 2.02. The number of aromatic carboxylic acids is 1. The molecule has 3 aromatic rings. The Morgan fingerprint density at radius 1 is 1.15 bits per heavy atom. The molecular formula is C17H14F3N3O3. The Hall–Kier alpha value is -3.36. The number of aromatic nitrogens is 2. The second kappa shape index (κ2) is 7.68. The molecule has 6 nitrogen and oxygen atoms in total. The Morgan fingerprint density at radius 2 is 1.85 bits per heavy atom. The SMILES string of the molecule is Cc1cccc(N)c1.O=C(O)c1noc(-c2cccc(C(F)(F)F)c2)n1. The molecule has 0 radical (unpaired) electrons. The molecule has 136 valence electrons. The van der Waals surface area contributed by atoms with Crippen molar-refractivity contribution in [2.75, 3.05) is 5.73 Å². The highest BCUT2D eigenvalue weighted by Gasteiger charge is 2.31. The first-order valence-corrected chi connectivity index (χ1v) is 7.23. The molecule has 9 heteroatoms. The predicted octanol–water partition coefficient (Wildman–Crippen LogP) is 4.03. The third-order valence-electron chi connectivity index (χ3n) is 3.10. The number of carbonyl (C=O) groups is 1. The van der Waals surface area contributed by atoms with Gasteiger partial charge in [-0.3, -0.25) is 0 Å². The quantitative estimate of drug-likeness (QED) is 0.665. The second-order valence-corrected chi connectivity index (χ2v) is 5.22. The molecule has 0 atom stereocenters. The summed E-state index contributed by atoms with van der Waals surface area (Å²) in [7, 11) is 0. The number of rotatable bonds is 2. The van der Waals surface area contributed by atoms with E-state index in [1.54, 1.807) is 0 Å². The fraction of sp³-hybridized carbons (Fsp3) is 0.118. The van der Waals surface area contributed by atoms with Crippen LogP contribution in [-0.2, 0) is 6.18 Å². The van der Waals surface area contributed by atoms with Gasteiger partial charge in [0.25, 0.3) is 11.7 Å². The lowest BCUT2D eigenvalue weighted by Crippen LogP contribution is -2.04. The Kier molecular flexibility index (Phi) is 5.61. The molecule has 0 amide bonds. The lowest BCUT2D eigenvalue weighted by atomic mass is 10.1. The van der Waals surface area contributed by atoms with Gasteiger partial charge in [-0.2, -0.15) is 18.2 Å². The fourth-order valence-electron chi connectivity index (χ4n) is 1.93. The largest absolute Gasteiger partial charge is 0.475 e. The van der Waals surface area contributed by atoms with Crippen molar-refractivity contribution >= 4 is 11.7 Å². The minimum absolute atomic E-state index is 0.00447. The zero-order valence-corrected chi connectivity index (χ0v) is 13.5. The van der Waals surface area contributed by atoms with Crippen molar-refractivity contribution < 1.29 is 27.6 Å². The monoisotopic (exact) mass is 365 g/mol. The van der Waals surface area contributed by atoms with Gasteiger partial charge in [-0.15, -0.1) is 0 Å². The van der Waals surface area contributed by atoms with Gasteiger partial charge in [-0.05, 0) is 48.0 Å². The molecule has 0 aliphatic rings. The van der Waals surface area contributed by atoms with Crippen LogP contribution in [0.25, 0.3) is 11.5 Å². The summed E-state index contributed by atoms with van der Waals surface area (Å²) in [5.74, 6) is -2.31. The maximum Gasteiger partial charge on any atom is 0.416 e. The van der Waals surface area contributed by atoms with Gasteiger partial charge < -0.3 is 15.4 Å². The van der Waals surface area contributed by atoms with E-state index in [4.69, 9.17) is 10.8 Å². The van der Waals surface area contributed by atoms with Crippen molar-refractivity contribution in [1.29, 1.82) is 0 Å². The van der Waals surface area contributed by atoms with Crippen LogP contribution in [0, 0.1) is 6.92 Å². The van der Waals surface area contributed by atoms with Crippen LogP contribution in [0.15, 0.2) is 53.1 Å². The molecule has 0 unspecified atom stereocenters. The lowest BCUT2D eigenvalue weighted by Gasteiger charge is -2.06. The lowest BCUT2D eigenvalue weighted by molar-refractivity contribution is -0.137. The van der Waals surface area contributed by atoms with E-state index in [2.05, 4.69) is 14.7 Å². The van der Waals surface area contributed by atoms with Crippen molar-refractivity contribution in [1.82, 2.24) is 10.1 Å². The molecule has 26 heavy (non-hydrogen) atoms. The van der Waals surface area contributed by atoms with Gasteiger partial charge in [0.15, 0.2) is 0 Å². The van der Waals surface area contributed by atoms with Crippen LogP contribution in [0.5, 0.6) is 0 Å². The van der Waals surface area contributed by atoms with E-state index < -0.39 is 23.5 Å². The molecule has 0 fully saturated rings. The number of carboxylic acids is 1. The van der Waals surface area contributed by atoms with Crippen LogP contribution in [0.1, 0.15) is 21.7 Å². The minimum Gasteiger partial charge on any atom is -0.475 e. The maximum atomic E-state index is 12.5. The third-order valence-corrected chi connectivity index (χ3v) is 3.10. The number of nitrogens with zero attached hydrogens (tertiary/aromatic N) is 2. The molecule has 1 heterocycles. The van der Waals surface area contributed by atoms with Gasteiger partial charge in [-0.25, -0.2) is 4.79 Å². The number of aryl methyl sites for hydroxylation is 1. The third kappa shape index (κ3) is 5.07. The van der Waals surface area contributed by atoms with Gasteiger partial charge in [0.2, 0.25) is 0 Å². The number of nitrogens with two attached hydrogens (primary N) is 1. The highest BCUT2D eigenvalue weighted by atomic mass is 19.4. The number of hydrogen-bond donors (Lipinski definition) is 2. The molecule has 0 spiro atoms. The van der Waals surface area contributed by atoms with Gasteiger partial charge >= 0.3 is 12.1 Å². The van der Waals surface area contributed by atoms with Crippen LogP contribution >= 0.6 is 0 Å². The number of hydrogen-bond acceptors (Lipinski definition) is 5. The van der Waals surface area contributed by atoms with Gasteiger partial charge in [0.05, 0.1) is 5.56 Å². The topological polar surface area (TPSA) is 102 Å². The van der Waals surface area contributed by atoms with Crippen molar-refractivity contribution in [3.63, 3.8) is 0 Å². The summed E-state index contributed by atoms with van der Waals surface area (Å²) < 4.78 is 41.9. The Labute approximate surface area is 146 Å². The van der Waals surface area contributed by atoms with E-state index in [0.29, 0.717) is 0 Å². The van der Waals surface area contributed by atoms with Gasteiger partial charge in [0, 0.05) is 11.3 Å². The van der Waals surface area contributed by atoms with Gasteiger partial charge in [0.1, 0.15) is 0 Å². The van der Waals surface area contributed by atoms with Crippen LogP contribution in [-0.4, -0.2) is 21.2 Å². The normalized spacial score (nSPS) is 10.8. The number of alkyl halides is 3. The molecule has 2 aromatic carbocycles. The maximum absolute atomic E-state index is 12.5. The second-order valence-electron chi connectivity index (χ2n) is 5.22. The first kappa shape index (κ1) is 19.0. The average molecular weight is 365 g/mol. The standard InChI is InChI=1S/C10H5F3N2O3.C7H9N/c11-10(12,13)6-3-1-2-5(4-6)8-14-7(9(16)17)15-18-8;1-6-3-2-4-7(8)5-6/h1-4H,(H,16,17);2-5H,8H2,1H3. The summed E-state index contributed by atoms with van der Waals surface area (Å²) in [6.07, 6.45) is -4.49. The fourth-order valence-corrected chi connectivity index (χ4v) is 1.93. The number of nitrogen functional groups attached to an aromatic ring is 1. The Bertz CT molecular complexity index is 890.